The second-order valence-electron chi connectivity index (χ2n) is 3.87. The van der Waals surface area contributed by atoms with E-state index in [0.717, 1.165) is 19.3 Å². The molecule has 2 atom stereocenters. The lowest BCUT2D eigenvalue weighted by atomic mass is 10.1. The molecule has 0 aliphatic heterocycles. The molecule has 0 aromatic heterocycles. The monoisotopic (exact) mass is 280 g/mol. The van der Waals surface area contributed by atoms with Gasteiger partial charge in [-0.05, 0) is 38.0 Å². The van der Waals surface area contributed by atoms with Crippen LogP contribution in [-0.4, -0.2) is 45.0 Å². The Bertz CT molecular complexity index is 239. The zero-order valence-corrected chi connectivity index (χ0v) is 11.5. The summed E-state index contributed by atoms with van der Waals surface area (Å²) in [6.07, 6.45) is 2.75. The Balaban J connectivity index is 0. The second-order valence-corrected chi connectivity index (χ2v) is 4.29. The van der Waals surface area contributed by atoms with Gasteiger partial charge < -0.3 is 26.8 Å². The predicted octanol–water partition coefficient (Wildman–Crippen LogP) is 0.560. The van der Waals surface area contributed by atoms with Crippen LogP contribution >= 0.6 is 12.2 Å². The number of hydrogen-bond donors (Lipinski definition) is 5. The van der Waals surface area contributed by atoms with Crippen LogP contribution in [0.5, 0.6) is 0 Å². The lowest BCUT2D eigenvalue weighted by Crippen LogP contribution is -2.29. The summed E-state index contributed by atoms with van der Waals surface area (Å²) in [5.41, 5.74) is 10.4. The Kier molecular flexibility index (Phi) is 13.8. The summed E-state index contributed by atoms with van der Waals surface area (Å²) >= 11 is 4.29. The van der Waals surface area contributed by atoms with E-state index in [1.165, 1.54) is 0 Å². The number of carbonyl (C=O) groups is 1. The lowest BCUT2D eigenvalue weighted by molar-refractivity contribution is -0.138. The molecule has 6 nitrogen and oxygen atoms in total. The van der Waals surface area contributed by atoms with Gasteiger partial charge in [0.05, 0.1) is 0 Å². The van der Waals surface area contributed by atoms with Gasteiger partial charge in [0.15, 0.2) is 5.05 Å². The summed E-state index contributed by atoms with van der Waals surface area (Å²) in [5, 5.41) is 25.2. The van der Waals surface area contributed by atoms with Crippen LogP contribution in [0.4, 0.5) is 0 Å². The molecular formula is C11H24N2O4S. The molecule has 1 unspecified atom stereocenters. The van der Waals surface area contributed by atoms with E-state index >= 15 is 0 Å². The lowest BCUT2D eigenvalue weighted by Gasteiger charge is -2.03. The number of aliphatic carboxylic acids is 1. The summed E-state index contributed by atoms with van der Waals surface area (Å²) in [6, 6.07) is -0.716. The maximum Gasteiger partial charge on any atom is 0.320 e. The smallest absolute Gasteiger partial charge is 0.320 e. The van der Waals surface area contributed by atoms with Crippen LogP contribution in [0.1, 0.15) is 39.0 Å². The standard InChI is InChI=1S/C6H14N2O2.C5H10O2S/c7-4-2-1-3-5(8)6(9)10;1-2-3-4(6)5(7)8/h5H,1-4,7-8H2,(H,9,10);4,6H,2-3H2,1H3,(H,7,8)/t5-;/m0./s1. The fourth-order valence-electron chi connectivity index (χ4n) is 1.03. The van der Waals surface area contributed by atoms with Crippen molar-refractivity contribution in [2.75, 3.05) is 6.54 Å². The van der Waals surface area contributed by atoms with Crippen molar-refractivity contribution in [3.05, 3.63) is 0 Å². The number of carboxylic acid groups (broad SMARTS) is 1. The molecule has 0 saturated heterocycles. The molecule has 108 valence electrons. The van der Waals surface area contributed by atoms with Gasteiger partial charge in [0.1, 0.15) is 12.1 Å². The Labute approximate surface area is 113 Å². The Hall–Kier alpha value is -0.760. The summed E-state index contributed by atoms with van der Waals surface area (Å²) < 4.78 is 0. The highest BCUT2D eigenvalue weighted by atomic mass is 32.1. The maximum absolute atomic E-state index is 10.1. The molecule has 0 aromatic rings. The van der Waals surface area contributed by atoms with Gasteiger partial charge >= 0.3 is 5.97 Å². The molecule has 0 saturated carbocycles. The third kappa shape index (κ3) is 13.3. The minimum atomic E-state index is -0.933. The first-order valence-electron chi connectivity index (χ1n) is 5.96. The van der Waals surface area contributed by atoms with Crippen LogP contribution in [0.15, 0.2) is 0 Å². The van der Waals surface area contributed by atoms with E-state index < -0.39 is 18.1 Å². The predicted molar refractivity (Wildman–Crippen MR) is 74.7 cm³/mol. The Morgan fingerprint density at radius 1 is 1.28 bits per heavy atom. The average Bonchev–Trinajstić information content (AvgIpc) is 2.30. The molecule has 0 aromatic carbocycles. The van der Waals surface area contributed by atoms with Crippen molar-refractivity contribution in [1.29, 1.82) is 0 Å². The van der Waals surface area contributed by atoms with Gasteiger partial charge in [0.25, 0.3) is 0 Å². The fraction of sp³-hybridized carbons (Fsp3) is 0.818. The molecule has 0 amide bonds. The van der Waals surface area contributed by atoms with Gasteiger partial charge in [0, 0.05) is 0 Å². The molecule has 0 bridgehead atoms. The van der Waals surface area contributed by atoms with E-state index in [1.807, 2.05) is 6.92 Å². The number of unbranched alkanes of at least 4 members (excludes halogenated alkanes) is 1. The van der Waals surface area contributed by atoms with Crippen LogP contribution in [0.25, 0.3) is 0 Å². The highest BCUT2D eigenvalue weighted by Gasteiger charge is 2.09. The number of carboxylic acids is 1. The van der Waals surface area contributed by atoms with E-state index in [1.54, 1.807) is 0 Å². The Morgan fingerprint density at radius 3 is 2.11 bits per heavy atom. The molecule has 18 heavy (non-hydrogen) atoms. The van der Waals surface area contributed by atoms with E-state index in [2.05, 4.69) is 12.2 Å². The van der Waals surface area contributed by atoms with Gasteiger partial charge in [-0.3, -0.25) is 4.79 Å². The third-order valence-corrected chi connectivity index (χ3v) is 2.41. The van der Waals surface area contributed by atoms with E-state index in [-0.39, 0.29) is 5.05 Å². The first kappa shape index (κ1) is 19.6. The molecular weight excluding hydrogens is 256 g/mol. The molecule has 0 radical (unpaired) electrons. The third-order valence-electron chi connectivity index (χ3n) is 2.13. The molecule has 0 rings (SSSR count). The molecule has 0 aliphatic carbocycles. The number of hydrogen-bond acceptors (Lipinski definition) is 5. The molecule has 7 heteroatoms. The largest absolute Gasteiger partial charge is 0.500 e. The SMILES string of the molecule is CCCC(O)C(O)=S.NCCCC[C@H](N)C(=O)O. The van der Waals surface area contributed by atoms with Gasteiger partial charge in [-0.15, -0.1) is 0 Å². The average molecular weight is 280 g/mol. The van der Waals surface area contributed by atoms with Crippen molar-refractivity contribution >= 4 is 23.2 Å². The summed E-state index contributed by atoms with van der Waals surface area (Å²) in [7, 11) is 0. The van der Waals surface area contributed by atoms with Crippen LogP contribution in [0.3, 0.4) is 0 Å². The molecule has 7 N–H and O–H groups in total. The zero-order valence-electron chi connectivity index (χ0n) is 10.7. The molecule has 0 heterocycles. The van der Waals surface area contributed by atoms with Gasteiger partial charge in [-0.1, -0.05) is 19.8 Å². The van der Waals surface area contributed by atoms with Crippen LogP contribution in [-0.2, 0) is 4.79 Å². The van der Waals surface area contributed by atoms with Gasteiger partial charge in [-0.25, -0.2) is 0 Å². The normalized spacial score (nSPS) is 13.1. The zero-order chi connectivity index (χ0) is 14.6. The van der Waals surface area contributed by atoms with Crippen LogP contribution in [0.2, 0.25) is 0 Å². The van der Waals surface area contributed by atoms with Gasteiger partial charge in [-0.2, -0.15) is 0 Å². The number of aliphatic hydroxyl groups excluding tert-OH is 2. The van der Waals surface area contributed by atoms with Crippen molar-refractivity contribution in [2.24, 2.45) is 11.5 Å². The highest BCUT2D eigenvalue weighted by molar-refractivity contribution is 7.80. The first-order chi connectivity index (χ1) is 8.36. The summed E-state index contributed by atoms with van der Waals surface area (Å²) in [4.78, 5) is 10.1. The first-order valence-corrected chi connectivity index (χ1v) is 6.36. The number of nitrogens with two attached hydrogens (primary N) is 2. The van der Waals surface area contributed by atoms with Crippen molar-refractivity contribution in [3.63, 3.8) is 0 Å². The summed E-state index contributed by atoms with van der Waals surface area (Å²) in [6.45, 7) is 2.52. The number of aliphatic hydroxyl groups is 2. The van der Waals surface area contributed by atoms with Crippen LogP contribution < -0.4 is 11.5 Å². The maximum atomic E-state index is 10.1. The Morgan fingerprint density at radius 2 is 1.83 bits per heavy atom. The van der Waals surface area contributed by atoms with Crippen molar-refractivity contribution in [3.8, 4) is 0 Å². The quantitative estimate of drug-likeness (QED) is 0.324. The minimum absolute atomic E-state index is 0.299. The second kappa shape index (κ2) is 12.7. The van der Waals surface area contributed by atoms with E-state index in [9.17, 15) is 4.79 Å². The van der Waals surface area contributed by atoms with Crippen LogP contribution in [0, 0.1) is 0 Å². The topological polar surface area (TPSA) is 130 Å². The van der Waals surface area contributed by atoms with E-state index in [4.69, 9.17) is 26.8 Å². The molecule has 0 fully saturated rings. The minimum Gasteiger partial charge on any atom is -0.500 e. The molecule has 0 spiro atoms. The van der Waals surface area contributed by atoms with Crippen molar-refractivity contribution in [2.45, 2.75) is 51.2 Å². The summed E-state index contributed by atoms with van der Waals surface area (Å²) in [5.74, 6) is -0.933. The highest BCUT2D eigenvalue weighted by Crippen LogP contribution is 1.97. The fourth-order valence-corrected chi connectivity index (χ4v) is 1.15. The molecule has 0 aliphatic rings. The number of thiocarbonyl (C=S) groups is 1. The van der Waals surface area contributed by atoms with Crippen molar-refractivity contribution < 1.29 is 20.1 Å². The van der Waals surface area contributed by atoms with Crippen molar-refractivity contribution in [1.82, 2.24) is 0 Å². The van der Waals surface area contributed by atoms with E-state index in [0.29, 0.717) is 19.4 Å². The number of rotatable bonds is 8. The van der Waals surface area contributed by atoms with Gasteiger partial charge in [0.2, 0.25) is 0 Å².